The third kappa shape index (κ3) is 4.54. The molecule has 2 saturated heterocycles. The number of nitrogens with zero attached hydrogens (tertiary/aromatic N) is 5. The molecule has 1 aromatic carbocycles. The molecule has 4 heterocycles. The number of carbonyl (C=O) groups excluding carboxylic acids is 2. The molecule has 37 heavy (non-hydrogen) atoms. The lowest BCUT2D eigenvalue weighted by Crippen LogP contribution is -2.49. The van der Waals surface area contributed by atoms with E-state index >= 15 is 0 Å². The number of likely N-dealkylation sites (tertiary alicyclic amines) is 1. The smallest absolute Gasteiger partial charge is 0.411 e. The molecule has 3 aromatic rings. The zero-order chi connectivity index (χ0) is 26.3. The normalized spacial score (nSPS) is 20.6. The number of piperidine rings is 1. The number of rotatable bonds is 6. The van der Waals surface area contributed by atoms with Crippen molar-refractivity contribution in [3.63, 3.8) is 0 Å². The van der Waals surface area contributed by atoms with E-state index < -0.39 is 11.2 Å². The van der Waals surface area contributed by atoms with Gasteiger partial charge in [0.25, 0.3) is 5.56 Å². The molecule has 11 nitrogen and oxygen atoms in total. The Morgan fingerprint density at radius 3 is 2.49 bits per heavy atom. The minimum Gasteiger partial charge on any atom is -0.439 e. The van der Waals surface area contributed by atoms with Crippen LogP contribution in [-0.4, -0.2) is 66.1 Å². The number of aromatic nitrogens is 4. The first-order valence-corrected chi connectivity index (χ1v) is 12.7. The number of carbonyl (C=O) groups is 2. The molecule has 0 radical (unpaired) electrons. The van der Waals surface area contributed by atoms with E-state index in [1.165, 1.54) is 11.6 Å². The van der Waals surface area contributed by atoms with Gasteiger partial charge in [-0.2, -0.15) is 0 Å². The van der Waals surface area contributed by atoms with Gasteiger partial charge in [0, 0.05) is 46.1 Å². The summed E-state index contributed by atoms with van der Waals surface area (Å²) in [5.41, 5.74) is 0.756. The number of imidazole rings is 1. The van der Waals surface area contributed by atoms with E-state index in [9.17, 15) is 19.2 Å². The summed E-state index contributed by atoms with van der Waals surface area (Å²) in [6, 6.07) is 9.77. The number of aromatic amines is 1. The summed E-state index contributed by atoms with van der Waals surface area (Å²) in [5.74, 6) is 0.645. The third-order valence-corrected chi connectivity index (χ3v) is 7.60. The number of aryl methyl sites for hydroxylation is 2. The van der Waals surface area contributed by atoms with Crippen LogP contribution in [0.3, 0.4) is 0 Å². The van der Waals surface area contributed by atoms with Crippen molar-refractivity contribution in [2.24, 2.45) is 14.1 Å². The Hall–Kier alpha value is -3.89. The molecule has 2 amide bonds. The van der Waals surface area contributed by atoms with Gasteiger partial charge >= 0.3 is 11.8 Å². The minimum absolute atomic E-state index is 0.0464. The maximum Gasteiger partial charge on any atom is 0.411 e. The van der Waals surface area contributed by atoms with Crippen LogP contribution in [0.25, 0.3) is 11.2 Å². The molecule has 0 spiro atoms. The SMILES string of the molecule is C[C@@H]1[C@H](c2ccccc2)OC(=O)N1C1CCN(C(=O)CCCc2nc3c([nH]2)c(=O)n(C)c(=O)n3C)CC1. The van der Waals surface area contributed by atoms with E-state index in [0.29, 0.717) is 56.7 Å². The van der Waals surface area contributed by atoms with Crippen molar-refractivity contribution in [1.29, 1.82) is 0 Å². The van der Waals surface area contributed by atoms with Crippen molar-refractivity contribution in [3.05, 3.63) is 62.6 Å². The number of amides is 2. The van der Waals surface area contributed by atoms with Crippen LogP contribution in [0.5, 0.6) is 0 Å². The zero-order valence-electron chi connectivity index (χ0n) is 21.3. The lowest BCUT2D eigenvalue weighted by Gasteiger charge is -2.37. The standard InChI is InChI=1S/C26H32N6O5/c1-16-22(17-8-5-4-6-9-17)37-26(36)32(16)18-12-14-31(15-13-18)20(33)11-7-10-19-27-21-23(28-19)29(2)25(35)30(3)24(21)34/h4-6,8-9,16,18,22H,7,10-15H2,1-3H3,(H,27,28)/t16-,22-/m1/s1. The fraction of sp³-hybridized carbons (Fsp3) is 0.500. The van der Waals surface area contributed by atoms with E-state index in [1.807, 2.05) is 47.1 Å². The molecule has 196 valence electrons. The molecular weight excluding hydrogens is 476 g/mol. The van der Waals surface area contributed by atoms with Gasteiger partial charge in [0.05, 0.1) is 6.04 Å². The lowest BCUT2D eigenvalue weighted by atomic mass is 9.98. The summed E-state index contributed by atoms with van der Waals surface area (Å²) >= 11 is 0. The molecule has 5 rings (SSSR count). The molecule has 1 N–H and O–H groups in total. The molecule has 0 bridgehead atoms. The first-order chi connectivity index (χ1) is 17.8. The summed E-state index contributed by atoms with van der Waals surface area (Å²) in [4.78, 5) is 61.1. The Bertz CT molecular complexity index is 1430. The third-order valence-electron chi connectivity index (χ3n) is 7.60. The first-order valence-electron chi connectivity index (χ1n) is 12.7. The van der Waals surface area contributed by atoms with Gasteiger partial charge in [-0.05, 0) is 31.7 Å². The van der Waals surface area contributed by atoms with Crippen LogP contribution in [-0.2, 0) is 30.0 Å². The first kappa shape index (κ1) is 24.8. The number of cyclic esters (lactones) is 1. The lowest BCUT2D eigenvalue weighted by molar-refractivity contribution is -0.132. The second kappa shape index (κ2) is 9.87. The number of ether oxygens (including phenoxy) is 1. The van der Waals surface area contributed by atoms with E-state index in [2.05, 4.69) is 9.97 Å². The van der Waals surface area contributed by atoms with E-state index in [4.69, 9.17) is 4.74 Å². The molecular formula is C26H32N6O5. The van der Waals surface area contributed by atoms with E-state index in [-0.39, 0.29) is 35.7 Å². The van der Waals surface area contributed by atoms with Gasteiger partial charge in [0.1, 0.15) is 17.4 Å². The van der Waals surface area contributed by atoms with Crippen molar-refractivity contribution in [2.75, 3.05) is 13.1 Å². The molecule has 2 atom stereocenters. The van der Waals surface area contributed by atoms with E-state index in [0.717, 1.165) is 10.1 Å². The second-order valence-electron chi connectivity index (χ2n) is 9.92. The quantitative estimate of drug-likeness (QED) is 0.542. The summed E-state index contributed by atoms with van der Waals surface area (Å²) < 4.78 is 8.08. The second-order valence-corrected chi connectivity index (χ2v) is 9.92. The van der Waals surface area contributed by atoms with Gasteiger partial charge in [-0.15, -0.1) is 0 Å². The van der Waals surface area contributed by atoms with Crippen LogP contribution in [0.15, 0.2) is 39.9 Å². The minimum atomic E-state index is -0.429. The molecule has 2 aliphatic rings. The van der Waals surface area contributed by atoms with Crippen molar-refractivity contribution in [3.8, 4) is 0 Å². The Kier molecular flexibility index (Phi) is 6.61. The molecule has 2 aromatic heterocycles. The van der Waals surface area contributed by atoms with Crippen molar-refractivity contribution >= 4 is 23.2 Å². The molecule has 0 saturated carbocycles. The molecule has 11 heteroatoms. The van der Waals surface area contributed by atoms with Gasteiger partial charge in [-0.3, -0.25) is 23.6 Å². The summed E-state index contributed by atoms with van der Waals surface area (Å²) in [6.07, 6.45) is 2.28. The number of hydrogen-bond acceptors (Lipinski definition) is 6. The number of fused-ring (bicyclic) bond motifs is 1. The highest BCUT2D eigenvalue weighted by Gasteiger charge is 2.44. The number of H-pyrrole nitrogens is 1. The molecule has 0 aliphatic carbocycles. The highest BCUT2D eigenvalue weighted by Crippen LogP contribution is 2.35. The number of hydrogen-bond donors (Lipinski definition) is 1. The Balaban J connectivity index is 1.14. The van der Waals surface area contributed by atoms with Crippen molar-refractivity contribution < 1.29 is 14.3 Å². The predicted molar refractivity (Wildman–Crippen MR) is 136 cm³/mol. The average molecular weight is 509 g/mol. The summed E-state index contributed by atoms with van der Waals surface area (Å²) in [7, 11) is 3.01. The van der Waals surface area contributed by atoms with E-state index in [1.54, 1.807) is 7.05 Å². The Labute approximate surface area is 213 Å². The molecule has 2 aliphatic heterocycles. The maximum absolute atomic E-state index is 12.8. The number of benzene rings is 1. The monoisotopic (exact) mass is 508 g/mol. The zero-order valence-corrected chi connectivity index (χ0v) is 21.3. The highest BCUT2D eigenvalue weighted by molar-refractivity contribution is 5.76. The molecule has 2 fully saturated rings. The summed E-state index contributed by atoms with van der Waals surface area (Å²) in [6.45, 7) is 3.21. The fourth-order valence-electron chi connectivity index (χ4n) is 5.50. The van der Waals surface area contributed by atoms with Crippen LogP contribution in [0.4, 0.5) is 4.79 Å². The number of nitrogens with one attached hydrogen (secondary N) is 1. The molecule has 0 unspecified atom stereocenters. The van der Waals surface area contributed by atoms with Crippen LogP contribution in [0.1, 0.15) is 50.1 Å². The van der Waals surface area contributed by atoms with Crippen LogP contribution < -0.4 is 11.2 Å². The predicted octanol–water partition coefficient (Wildman–Crippen LogP) is 1.86. The maximum atomic E-state index is 12.8. The van der Waals surface area contributed by atoms with Crippen LogP contribution >= 0.6 is 0 Å². The fourth-order valence-corrected chi connectivity index (χ4v) is 5.50. The van der Waals surface area contributed by atoms with Gasteiger partial charge in [0.2, 0.25) is 5.91 Å². The average Bonchev–Trinajstić information content (AvgIpc) is 3.47. The van der Waals surface area contributed by atoms with Crippen molar-refractivity contribution in [2.45, 2.75) is 57.2 Å². The van der Waals surface area contributed by atoms with Gasteiger partial charge in [-0.25, -0.2) is 14.6 Å². The Morgan fingerprint density at radius 1 is 1.08 bits per heavy atom. The van der Waals surface area contributed by atoms with Crippen LogP contribution in [0, 0.1) is 0 Å². The largest absolute Gasteiger partial charge is 0.439 e. The van der Waals surface area contributed by atoms with Gasteiger partial charge in [0.15, 0.2) is 5.65 Å². The Morgan fingerprint density at radius 2 is 1.78 bits per heavy atom. The highest BCUT2D eigenvalue weighted by atomic mass is 16.6. The van der Waals surface area contributed by atoms with Crippen molar-refractivity contribution in [1.82, 2.24) is 28.9 Å². The van der Waals surface area contributed by atoms with Gasteiger partial charge < -0.3 is 14.6 Å². The summed E-state index contributed by atoms with van der Waals surface area (Å²) in [5, 5.41) is 0. The topological polar surface area (TPSA) is 123 Å². The van der Waals surface area contributed by atoms with Gasteiger partial charge in [-0.1, -0.05) is 30.3 Å². The van der Waals surface area contributed by atoms with Crippen LogP contribution in [0.2, 0.25) is 0 Å².